The predicted molar refractivity (Wildman–Crippen MR) is 118 cm³/mol. The highest BCUT2D eigenvalue weighted by atomic mass is 32.1. The van der Waals surface area contributed by atoms with Gasteiger partial charge in [-0.15, -0.1) is 11.3 Å². The molecule has 0 saturated heterocycles. The third-order valence-electron chi connectivity index (χ3n) is 5.32. The fourth-order valence-electron chi connectivity index (χ4n) is 3.82. The number of amides is 1. The van der Waals surface area contributed by atoms with Gasteiger partial charge >= 0.3 is 5.97 Å². The lowest BCUT2D eigenvalue weighted by atomic mass is 10.1. The fourth-order valence-corrected chi connectivity index (χ4v) is 5.07. The normalized spacial score (nSPS) is 12.7. The third-order valence-corrected chi connectivity index (χ3v) is 6.53. The number of nitrogens with one attached hydrogen (secondary N) is 1. The van der Waals surface area contributed by atoms with E-state index in [1.54, 1.807) is 0 Å². The number of thiophene rings is 1. The molecule has 0 fully saturated rings. The summed E-state index contributed by atoms with van der Waals surface area (Å²) < 4.78 is 7.18. The predicted octanol–water partition coefficient (Wildman–Crippen LogP) is 4.03. The average molecular weight is 437 g/mol. The summed E-state index contributed by atoms with van der Waals surface area (Å²) in [4.78, 5) is 25.7. The van der Waals surface area contributed by atoms with Gasteiger partial charge in [-0.3, -0.25) is 4.79 Å². The van der Waals surface area contributed by atoms with Crippen LogP contribution in [0.1, 0.15) is 52.7 Å². The number of aryl methyl sites for hydroxylation is 2. The summed E-state index contributed by atoms with van der Waals surface area (Å²) in [6.45, 7) is 6.33. The minimum Gasteiger partial charge on any atom is -0.451 e. The minimum absolute atomic E-state index is 0.169. The number of fused-ring (bicyclic) bond motifs is 1. The highest BCUT2D eigenvalue weighted by molar-refractivity contribution is 7.16. The second-order valence-electron chi connectivity index (χ2n) is 7.45. The van der Waals surface area contributed by atoms with E-state index < -0.39 is 18.5 Å². The van der Waals surface area contributed by atoms with Crippen molar-refractivity contribution in [2.24, 2.45) is 0 Å². The van der Waals surface area contributed by atoms with Gasteiger partial charge in [0.25, 0.3) is 5.91 Å². The van der Waals surface area contributed by atoms with Crippen LogP contribution >= 0.6 is 11.3 Å². The van der Waals surface area contributed by atoms with Crippen molar-refractivity contribution in [3.05, 3.63) is 44.6 Å². The van der Waals surface area contributed by atoms with Crippen molar-refractivity contribution in [3.8, 4) is 12.1 Å². The first-order valence-electron chi connectivity index (χ1n) is 10.2. The van der Waals surface area contributed by atoms with Crippen LogP contribution in [0.5, 0.6) is 0 Å². The van der Waals surface area contributed by atoms with E-state index in [1.807, 2.05) is 26.0 Å². The molecule has 8 heteroatoms. The first-order valence-corrected chi connectivity index (χ1v) is 11.0. The number of hydrogen-bond donors (Lipinski definition) is 1. The Labute approximate surface area is 185 Å². The average Bonchev–Trinajstić information content (AvgIpc) is 3.39. The van der Waals surface area contributed by atoms with Crippen molar-refractivity contribution in [2.45, 2.75) is 53.0 Å². The van der Waals surface area contributed by atoms with Gasteiger partial charge in [0.1, 0.15) is 22.7 Å². The van der Waals surface area contributed by atoms with Gasteiger partial charge in [0.15, 0.2) is 6.61 Å². The van der Waals surface area contributed by atoms with Gasteiger partial charge in [0, 0.05) is 22.8 Å². The summed E-state index contributed by atoms with van der Waals surface area (Å²) in [6.07, 6.45) is 5.24. The Bertz CT molecular complexity index is 1140. The van der Waals surface area contributed by atoms with Gasteiger partial charge in [-0.05, 0) is 62.8 Å². The molecule has 160 valence electrons. The maximum Gasteiger partial charge on any atom is 0.349 e. The molecule has 31 heavy (non-hydrogen) atoms. The molecule has 0 aliphatic heterocycles. The van der Waals surface area contributed by atoms with Crippen molar-refractivity contribution < 1.29 is 14.3 Å². The Morgan fingerprint density at radius 1 is 1.32 bits per heavy atom. The zero-order valence-corrected chi connectivity index (χ0v) is 18.7. The number of anilines is 1. The molecule has 2 aromatic rings. The second-order valence-corrected chi connectivity index (χ2v) is 8.55. The summed E-state index contributed by atoms with van der Waals surface area (Å²) in [5.74, 6) is -1.39. The molecule has 0 atom stereocenters. The maximum atomic E-state index is 12.4. The van der Waals surface area contributed by atoms with E-state index in [1.165, 1.54) is 17.4 Å². The first kappa shape index (κ1) is 22.3. The SMILES string of the molecule is CCCn1c(C)cc(/C=C(\C#N)C(=O)OCC(=O)Nc2sc3c(c2C#N)CCC3)c1C. The molecule has 1 amide bonds. The van der Waals surface area contributed by atoms with Crippen LogP contribution < -0.4 is 5.32 Å². The number of ether oxygens (including phenoxy) is 1. The van der Waals surface area contributed by atoms with Crippen LogP contribution in [-0.2, 0) is 33.7 Å². The molecule has 0 aromatic carbocycles. The molecule has 2 heterocycles. The van der Waals surface area contributed by atoms with Gasteiger partial charge in [-0.25, -0.2) is 4.79 Å². The molecule has 3 rings (SSSR count). The molecule has 1 aliphatic carbocycles. The minimum atomic E-state index is -0.855. The smallest absolute Gasteiger partial charge is 0.349 e. The van der Waals surface area contributed by atoms with E-state index >= 15 is 0 Å². The van der Waals surface area contributed by atoms with Crippen LogP contribution in [0.15, 0.2) is 11.6 Å². The van der Waals surface area contributed by atoms with Gasteiger partial charge in [-0.2, -0.15) is 10.5 Å². The highest BCUT2D eigenvalue weighted by Crippen LogP contribution is 2.38. The summed E-state index contributed by atoms with van der Waals surface area (Å²) in [5.41, 5.74) is 4.12. The Morgan fingerprint density at radius 3 is 2.77 bits per heavy atom. The van der Waals surface area contributed by atoms with Gasteiger partial charge in [0.05, 0.1) is 5.56 Å². The van der Waals surface area contributed by atoms with Gasteiger partial charge < -0.3 is 14.6 Å². The lowest BCUT2D eigenvalue weighted by molar-refractivity contribution is -0.142. The van der Waals surface area contributed by atoms with Crippen LogP contribution in [-0.4, -0.2) is 23.1 Å². The summed E-state index contributed by atoms with van der Waals surface area (Å²) in [7, 11) is 0. The van der Waals surface area contributed by atoms with Crippen molar-refractivity contribution >= 4 is 34.3 Å². The largest absolute Gasteiger partial charge is 0.451 e. The number of hydrogen-bond acceptors (Lipinski definition) is 6. The summed E-state index contributed by atoms with van der Waals surface area (Å²) in [5, 5.41) is 22.0. The van der Waals surface area contributed by atoms with Crippen LogP contribution in [0.25, 0.3) is 6.08 Å². The Morgan fingerprint density at radius 2 is 2.10 bits per heavy atom. The molecule has 1 N–H and O–H groups in total. The van der Waals surface area contributed by atoms with Crippen LogP contribution in [0.4, 0.5) is 5.00 Å². The molecule has 1 aliphatic rings. The van der Waals surface area contributed by atoms with E-state index in [9.17, 15) is 20.1 Å². The zero-order valence-electron chi connectivity index (χ0n) is 17.9. The number of nitriles is 2. The Balaban J connectivity index is 1.65. The van der Waals surface area contributed by atoms with Crippen molar-refractivity contribution in [2.75, 3.05) is 11.9 Å². The molecular formula is C23H24N4O3S. The lowest BCUT2D eigenvalue weighted by Crippen LogP contribution is -2.21. The van der Waals surface area contributed by atoms with Crippen molar-refractivity contribution in [3.63, 3.8) is 0 Å². The molecule has 0 unspecified atom stereocenters. The molecule has 7 nitrogen and oxygen atoms in total. The number of carbonyl (C=O) groups is 2. The van der Waals surface area contributed by atoms with Crippen LogP contribution in [0, 0.1) is 36.5 Å². The molecular weight excluding hydrogens is 412 g/mol. The van der Waals surface area contributed by atoms with E-state index in [2.05, 4.69) is 22.9 Å². The maximum absolute atomic E-state index is 12.4. The molecule has 0 spiro atoms. The van der Waals surface area contributed by atoms with E-state index in [-0.39, 0.29) is 5.57 Å². The topological polar surface area (TPSA) is 108 Å². The second kappa shape index (κ2) is 9.63. The lowest BCUT2D eigenvalue weighted by Gasteiger charge is -2.07. The van der Waals surface area contributed by atoms with Crippen molar-refractivity contribution in [1.29, 1.82) is 10.5 Å². The van der Waals surface area contributed by atoms with Crippen LogP contribution in [0.3, 0.4) is 0 Å². The van der Waals surface area contributed by atoms with E-state index in [0.29, 0.717) is 10.6 Å². The monoisotopic (exact) mass is 436 g/mol. The number of esters is 1. The van der Waals surface area contributed by atoms with Gasteiger partial charge in [0.2, 0.25) is 0 Å². The molecule has 2 aromatic heterocycles. The quantitative estimate of drug-likeness (QED) is 0.401. The summed E-state index contributed by atoms with van der Waals surface area (Å²) >= 11 is 1.40. The Kier molecular flexibility index (Phi) is 6.94. The standard InChI is InChI=1S/C23H24N4O3S/c1-4-8-27-14(2)9-16(15(27)3)10-17(11-24)23(29)30-13-21(28)26-22-19(12-25)18-6-5-7-20(18)31-22/h9-10H,4-8,13H2,1-3H3,(H,26,28)/b17-10+. The van der Waals surface area contributed by atoms with Crippen molar-refractivity contribution in [1.82, 2.24) is 4.57 Å². The number of nitrogens with zero attached hydrogens (tertiary/aromatic N) is 3. The Hall–Kier alpha value is -3.36. The number of carbonyl (C=O) groups excluding carboxylic acids is 2. The molecule has 0 saturated carbocycles. The highest BCUT2D eigenvalue weighted by Gasteiger charge is 2.23. The van der Waals surface area contributed by atoms with E-state index in [4.69, 9.17) is 4.74 Å². The summed E-state index contributed by atoms with van der Waals surface area (Å²) in [6, 6.07) is 5.93. The van der Waals surface area contributed by atoms with Gasteiger partial charge in [-0.1, -0.05) is 6.92 Å². The number of rotatable bonds is 7. The van der Waals surface area contributed by atoms with E-state index in [0.717, 1.165) is 59.6 Å². The zero-order chi connectivity index (χ0) is 22.5. The number of aromatic nitrogens is 1. The van der Waals surface area contributed by atoms with Crippen LogP contribution in [0.2, 0.25) is 0 Å². The fraction of sp³-hybridized carbons (Fsp3) is 0.391. The molecule has 0 radical (unpaired) electrons. The third kappa shape index (κ3) is 4.70. The first-order chi connectivity index (χ1) is 14.9. The molecule has 0 bridgehead atoms.